The third-order valence-corrected chi connectivity index (χ3v) is 5.65. The van der Waals surface area contributed by atoms with Crippen molar-refractivity contribution < 1.29 is 14.7 Å². The van der Waals surface area contributed by atoms with Gasteiger partial charge >= 0.3 is 6.09 Å². The van der Waals surface area contributed by atoms with Crippen LogP contribution < -0.4 is 0 Å². The van der Waals surface area contributed by atoms with E-state index < -0.39 is 6.09 Å². The zero-order chi connectivity index (χ0) is 16.8. The highest BCUT2D eigenvalue weighted by Gasteiger charge is 2.37. The number of rotatable bonds is 2. The van der Waals surface area contributed by atoms with Crippen LogP contribution in [0.3, 0.4) is 0 Å². The molecule has 1 aromatic carbocycles. The Morgan fingerprint density at radius 3 is 2.67 bits per heavy atom. The maximum atomic E-state index is 12.3. The van der Waals surface area contributed by atoms with Crippen molar-refractivity contribution in [2.24, 2.45) is 5.92 Å². The van der Waals surface area contributed by atoms with Crippen molar-refractivity contribution in [3.8, 4) is 0 Å². The van der Waals surface area contributed by atoms with E-state index >= 15 is 0 Å². The van der Waals surface area contributed by atoms with Crippen LogP contribution in [-0.4, -0.2) is 40.0 Å². The van der Waals surface area contributed by atoms with E-state index in [1.807, 2.05) is 17.0 Å². The Morgan fingerprint density at radius 2 is 1.96 bits per heavy atom. The summed E-state index contributed by atoms with van der Waals surface area (Å²) in [7, 11) is 0. The predicted octanol–water partition coefficient (Wildman–Crippen LogP) is 3.45. The Morgan fingerprint density at radius 1 is 1.17 bits per heavy atom. The molecule has 2 heterocycles. The second kappa shape index (κ2) is 5.96. The van der Waals surface area contributed by atoms with Crippen molar-refractivity contribution in [1.82, 2.24) is 9.80 Å². The van der Waals surface area contributed by atoms with Crippen LogP contribution in [0.2, 0.25) is 5.02 Å². The lowest BCUT2D eigenvalue weighted by Gasteiger charge is -2.33. The number of nitrogens with zero attached hydrogens (tertiary/aromatic N) is 2. The van der Waals surface area contributed by atoms with Gasteiger partial charge in [0.05, 0.1) is 6.04 Å². The van der Waals surface area contributed by atoms with Gasteiger partial charge in [0.1, 0.15) is 0 Å². The summed E-state index contributed by atoms with van der Waals surface area (Å²) in [6, 6.07) is 3.75. The second-order valence-electron chi connectivity index (χ2n) is 7.05. The van der Waals surface area contributed by atoms with Crippen molar-refractivity contribution in [3.63, 3.8) is 0 Å². The summed E-state index contributed by atoms with van der Waals surface area (Å²) in [6.45, 7) is 1.89. The van der Waals surface area contributed by atoms with Gasteiger partial charge in [0.25, 0.3) is 0 Å². The highest BCUT2D eigenvalue weighted by Crippen LogP contribution is 2.39. The summed E-state index contributed by atoms with van der Waals surface area (Å²) in [6.07, 6.45) is 3.66. The van der Waals surface area contributed by atoms with E-state index in [1.165, 1.54) is 10.5 Å². The van der Waals surface area contributed by atoms with E-state index in [9.17, 15) is 14.7 Å². The number of halogens is 1. The molecule has 1 atom stereocenters. The average molecular weight is 349 g/mol. The first kappa shape index (κ1) is 15.8. The molecule has 0 radical (unpaired) electrons. The molecule has 1 aromatic rings. The molecule has 0 bridgehead atoms. The van der Waals surface area contributed by atoms with Gasteiger partial charge < -0.3 is 14.9 Å². The number of hydrogen-bond acceptors (Lipinski definition) is 2. The van der Waals surface area contributed by atoms with Crippen molar-refractivity contribution in [2.75, 3.05) is 13.1 Å². The third-order valence-electron chi connectivity index (χ3n) is 5.43. The minimum absolute atomic E-state index is 0.111. The van der Waals surface area contributed by atoms with Crippen molar-refractivity contribution >= 4 is 23.6 Å². The van der Waals surface area contributed by atoms with Gasteiger partial charge in [-0.15, -0.1) is 0 Å². The van der Waals surface area contributed by atoms with Crippen LogP contribution in [0.25, 0.3) is 0 Å². The lowest BCUT2D eigenvalue weighted by molar-refractivity contribution is -0.133. The number of carboxylic acid groups (broad SMARTS) is 1. The van der Waals surface area contributed by atoms with Crippen LogP contribution in [0.5, 0.6) is 0 Å². The molecule has 1 unspecified atom stereocenters. The molecule has 1 aliphatic carbocycles. The van der Waals surface area contributed by atoms with Crippen LogP contribution >= 0.6 is 11.6 Å². The fourth-order valence-corrected chi connectivity index (χ4v) is 4.34. The molecule has 5 nitrogen and oxygen atoms in total. The Balaban J connectivity index is 1.65. The van der Waals surface area contributed by atoms with Gasteiger partial charge in [-0.1, -0.05) is 11.6 Å². The molecule has 24 heavy (non-hydrogen) atoms. The van der Waals surface area contributed by atoms with Crippen molar-refractivity contribution in [1.29, 1.82) is 0 Å². The van der Waals surface area contributed by atoms with Crippen LogP contribution in [0.15, 0.2) is 12.1 Å². The highest BCUT2D eigenvalue weighted by molar-refractivity contribution is 6.30. The SMILES string of the molecule is O=C(C1CC1)N1CCc2c(cc(Cl)cc2C2CCCN2C(=O)O)C1. The summed E-state index contributed by atoms with van der Waals surface area (Å²) in [4.78, 5) is 27.3. The maximum absolute atomic E-state index is 12.3. The second-order valence-corrected chi connectivity index (χ2v) is 7.49. The number of carbonyl (C=O) groups is 2. The zero-order valence-corrected chi connectivity index (χ0v) is 14.3. The highest BCUT2D eigenvalue weighted by atomic mass is 35.5. The summed E-state index contributed by atoms with van der Waals surface area (Å²) < 4.78 is 0. The average Bonchev–Trinajstić information content (AvgIpc) is 3.28. The predicted molar refractivity (Wildman–Crippen MR) is 90.0 cm³/mol. The summed E-state index contributed by atoms with van der Waals surface area (Å²) in [5, 5.41) is 10.1. The number of fused-ring (bicyclic) bond motifs is 1. The fraction of sp³-hybridized carbons (Fsp3) is 0.556. The van der Waals surface area contributed by atoms with Crippen LogP contribution in [0, 0.1) is 5.92 Å². The number of benzene rings is 1. The van der Waals surface area contributed by atoms with Gasteiger partial charge in [0.15, 0.2) is 0 Å². The molecule has 4 rings (SSSR count). The van der Waals surface area contributed by atoms with Gasteiger partial charge in [-0.05, 0) is 60.9 Å². The van der Waals surface area contributed by atoms with E-state index in [4.69, 9.17) is 11.6 Å². The van der Waals surface area contributed by atoms with Crippen molar-refractivity contribution in [3.05, 3.63) is 33.8 Å². The summed E-state index contributed by atoms with van der Waals surface area (Å²) in [5.74, 6) is 0.484. The largest absolute Gasteiger partial charge is 0.465 e. The Labute approximate surface area is 146 Å². The van der Waals surface area contributed by atoms with Gasteiger partial charge in [-0.3, -0.25) is 4.79 Å². The smallest absolute Gasteiger partial charge is 0.407 e. The van der Waals surface area contributed by atoms with E-state index in [0.717, 1.165) is 49.8 Å². The molecule has 0 spiro atoms. The van der Waals surface area contributed by atoms with Crippen LogP contribution in [-0.2, 0) is 17.8 Å². The van der Waals surface area contributed by atoms with E-state index in [2.05, 4.69) is 0 Å². The van der Waals surface area contributed by atoms with Crippen molar-refractivity contribution in [2.45, 2.75) is 44.7 Å². The first-order chi connectivity index (χ1) is 11.5. The first-order valence-corrected chi connectivity index (χ1v) is 9.02. The van der Waals surface area contributed by atoms with E-state index in [0.29, 0.717) is 18.1 Å². The summed E-state index contributed by atoms with van der Waals surface area (Å²) >= 11 is 6.32. The lowest BCUT2D eigenvalue weighted by atomic mass is 9.89. The number of likely N-dealkylation sites (tertiary alicyclic amines) is 1. The molecular formula is C18H21ClN2O3. The molecule has 2 fully saturated rings. The topological polar surface area (TPSA) is 60.9 Å². The van der Waals surface area contributed by atoms with Gasteiger partial charge in [0, 0.05) is 30.6 Å². The monoisotopic (exact) mass is 348 g/mol. The standard InChI is InChI=1S/C18H21ClN2O3/c19-13-8-12-10-20(17(22)11-3-4-11)7-5-14(12)15(9-13)16-2-1-6-21(16)18(23)24/h8-9,11,16H,1-7,10H2,(H,23,24). The lowest BCUT2D eigenvalue weighted by Crippen LogP contribution is -2.38. The number of hydrogen-bond donors (Lipinski definition) is 1. The van der Waals surface area contributed by atoms with E-state index in [1.54, 1.807) is 0 Å². The minimum atomic E-state index is -0.868. The number of amides is 2. The Kier molecular flexibility index (Phi) is 3.91. The number of carbonyl (C=O) groups excluding carboxylic acids is 1. The van der Waals surface area contributed by atoms with E-state index in [-0.39, 0.29) is 17.9 Å². The fourth-order valence-electron chi connectivity index (χ4n) is 4.09. The Hall–Kier alpha value is -1.75. The molecule has 1 N–H and O–H groups in total. The molecule has 1 saturated heterocycles. The molecule has 2 amide bonds. The maximum Gasteiger partial charge on any atom is 0.407 e. The zero-order valence-electron chi connectivity index (χ0n) is 13.5. The molecule has 2 aliphatic heterocycles. The molecular weight excluding hydrogens is 328 g/mol. The van der Waals surface area contributed by atoms with Gasteiger partial charge in [0.2, 0.25) is 5.91 Å². The molecule has 128 valence electrons. The minimum Gasteiger partial charge on any atom is -0.465 e. The summed E-state index contributed by atoms with van der Waals surface area (Å²) in [5.41, 5.74) is 3.31. The molecule has 6 heteroatoms. The van der Waals surface area contributed by atoms with Crippen LogP contribution in [0.1, 0.15) is 48.4 Å². The van der Waals surface area contributed by atoms with Crippen LogP contribution in [0.4, 0.5) is 4.79 Å². The molecule has 3 aliphatic rings. The Bertz CT molecular complexity index is 702. The van der Waals surface area contributed by atoms with Gasteiger partial charge in [-0.25, -0.2) is 4.79 Å². The normalized spacial score (nSPS) is 23.3. The van der Waals surface area contributed by atoms with Gasteiger partial charge in [-0.2, -0.15) is 0 Å². The molecule has 0 aromatic heterocycles. The molecule has 1 saturated carbocycles. The first-order valence-electron chi connectivity index (χ1n) is 8.64. The third kappa shape index (κ3) is 2.75. The quantitative estimate of drug-likeness (QED) is 0.890.